The highest BCUT2D eigenvalue weighted by atomic mass is 14.9. The van der Waals surface area contributed by atoms with E-state index in [0.29, 0.717) is 6.04 Å². The van der Waals surface area contributed by atoms with E-state index < -0.39 is 0 Å². The van der Waals surface area contributed by atoms with Gasteiger partial charge in [-0.05, 0) is 12.0 Å². The van der Waals surface area contributed by atoms with Crippen LogP contribution in [0.15, 0.2) is 42.5 Å². The fraction of sp³-hybridized carbons (Fsp3) is 0.273. The van der Waals surface area contributed by atoms with Crippen molar-refractivity contribution in [2.24, 2.45) is 0 Å². The van der Waals surface area contributed by atoms with E-state index in [1.54, 1.807) is 0 Å². The zero-order valence-electron chi connectivity index (χ0n) is 7.03. The van der Waals surface area contributed by atoms with Gasteiger partial charge in [0, 0.05) is 12.6 Å². The topological polar surface area (TPSA) is 12.0 Å². The van der Waals surface area contributed by atoms with Crippen molar-refractivity contribution in [3.63, 3.8) is 0 Å². The van der Waals surface area contributed by atoms with Crippen LogP contribution >= 0.6 is 0 Å². The summed E-state index contributed by atoms with van der Waals surface area (Å²) in [5, 5.41) is 3.45. The molecule has 0 aromatic heterocycles. The number of hydrogen-bond acceptors (Lipinski definition) is 1. The van der Waals surface area contributed by atoms with E-state index in [-0.39, 0.29) is 0 Å². The second kappa shape index (κ2) is 3.55. The maximum Gasteiger partial charge on any atom is 0.0357 e. The van der Waals surface area contributed by atoms with Crippen LogP contribution in [-0.4, -0.2) is 6.54 Å². The summed E-state index contributed by atoms with van der Waals surface area (Å²) in [6.45, 7) is 1.000. The van der Waals surface area contributed by atoms with Gasteiger partial charge in [0.2, 0.25) is 0 Å². The van der Waals surface area contributed by atoms with E-state index >= 15 is 0 Å². The smallest absolute Gasteiger partial charge is 0.0357 e. The minimum atomic E-state index is 0.524. The second-order valence-corrected chi connectivity index (χ2v) is 3.08. The summed E-state index contributed by atoms with van der Waals surface area (Å²) in [7, 11) is 0. The molecule has 0 saturated heterocycles. The molecule has 1 heterocycles. The highest BCUT2D eigenvalue weighted by molar-refractivity contribution is 5.20. The number of hydrogen-bond donors (Lipinski definition) is 1. The van der Waals surface area contributed by atoms with Gasteiger partial charge in [-0.25, -0.2) is 0 Å². The molecule has 1 heteroatoms. The summed E-state index contributed by atoms with van der Waals surface area (Å²) >= 11 is 0. The quantitative estimate of drug-likeness (QED) is 0.620. The van der Waals surface area contributed by atoms with Crippen LogP contribution in [0.5, 0.6) is 0 Å². The van der Waals surface area contributed by atoms with Gasteiger partial charge in [-0.2, -0.15) is 0 Å². The first-order valence-electron chi connectivity index (χ1n) is 4.40. The van der Waals surface area contributed by atoms with Gasteiger partial charge in [0.15, 0.2) is 0 Å². The molecule has 0 fully saturated rings. The molecule has 1 nitrogen and oxygen atoms in total. The lowest BCUT2D eigenvalue weighted by atomic mass is 10.0. The molecule has 0 aliphatic carbocycles. The summed E-state index contributed by atoms with van der Waals surface area (Å²) in [5.74, 6) is 0. The summed E-state index contributed by atoms with van der Waals surface area (Å²) in [6.07, 6.45) is 5.54. The van der Waals surface area contributed by atoms with Gasteiger partial charge in [0.1, 0.15) is 0 Å². The van der Waals surface area contributed by atoms with Crippen LogP contribution in [0, 0.1) is 0 Å². The number of rotatable bonds is 1. The Bertz CT molecular complexity index is 264. The van der Waals surface area contributed by atoms with Crippen molar-refractivity contribution >= 4 is 0 Å². The molecule has 0 unspecified atom stereocenters. The summed E-state index contributed by atoms with van der Waals surface area (Å²) in [5.41, 5.74) is 1.39. The highest BCUT2D eigenvalue weighted by Gasteiger charge is 2.09. The van der Waals surface area contributed by atoms with Crippen molar-refractivity contribution in [3.8, 4) is 0 Å². The molecule has 1 aromatic carbocycles. The average Bonchev–Trinajstić information content (AvgIpc) is 2.21. The van der Waals surface area contributed by atoms with Crippen molar-refractivity contribution < 1.29 is 0 Å². The van der Waals surface area contributed by atoms with Crippen molar-refractivity contribution in [2.45, 2.75) is 12.5 Å². The molecule has 1 aliphatic rings. The lowest BCUT2D eigenvalue weighted by Gasteiger charge is -2.19. The van der Waals surface area contributed by atoms with Gasteiger partial charge in [-0.15, -0.1) is 0 Å². The van der Waals surface area contributed by atoms with E-state index in [2.05, 4.69) is 47.8 Å². The lowest BCUT2D eigenvalue weighted by molar-refractivity contribution is 0.555. The Morgan fingerprint density at radius 3 is 2.58 bits per heavy atom. The molecule has 62 valence electrons. The number of nitrogens with one attached hydrogen (secondary N) is 1. The fourth-order valence-electron chi connectivity index (χ4n) is 1.55. The third kappa shape index (κ3) is 1.56. The monoisotopic (exact) mass is 159 g/mol. The van der Waals surface area contributed by atoms with E-state index in [1.165, 1.54) is 5.56 Å². The Kier molecular flexibility index (Phi) is 2.23. The minimum Gasteiger partial charge on any atom is -0.306 e. The Balaban J connectivity index is 2.15. The minimum absolute atomic E-state index is 0.524. The Labute approximate surface area is 73.1 Å². The standard InChI is InChI=1S/C11H13N/c1-2-6-10(7-3-1)11-8-4-5-9-12-11/h1-7,11-12H,8-9H2/t11-/m1/s1. The molecule has 0 spiro atoms. The van der Waals surface area contributed by atoms with Crippen molar-refractivity contribution in [3.05, 3.63) is 48.0 Å². The van der Waals surface area contributed by atoms with E-state index in [9.17, 15) is 0 Å². The Morgan fingerprint density at radius 2 is 1.92 bits per heavy atom. The van der Waals surface area contributed by atoms with Gasteiger partial charge in [0.05, 0.1) is 0 Å². The molecule has 2 rings (SSSR count). The first kappa shape index (κ1) is 7.56. The zero-order chi connectivity index (χ0) is 8.23. The molecule has 1 aliphatic heterocycles. The lowest BCUT2D eigenvalue weighted by Crippen LogP contribution is -2.23. The first-order chi connectivity index (χ1) is 5.97. The molecule has 0 bridgehead atoms. The molecular weight excluding hydrogens is 146 g/mol. The van der Waals surface area contributed by atoms with Crippen LogP contribution in [0.3, 0.4) is 0 Å². The van der Waals surface area contributed by atoms with E-state index in [4.69, 9.17) is 0 Å². The maximum atomic E-state index is 3.45. The summed E-state index contributed by atoms with van der Waals surface area (Å²) in [4.78, 5) is 0. The molecule has 12 heavy (non-hydrogen) atoms. The maximum absolute atomic E-state index is 3.45. The predicted octanol–water partition coefficient (Wildman–Crippen LogP) is 2.28. The third-order valence-corrected chi connectivity index (χ3v) is 2.22. The van der Waals surface area contributed by atoms with Crippen LogP contribution in [0.2, 0.25) is 0 Å². The largest absolute Gasteiger partial charge is 0.306 e. The van der Waals surface area contributed by atoms with Gasteiger partial charge in [0.25, 0.3) is 0 Å². The third-order valence-electron chi connectivity index (χ3n) is 2.22. The first-order valence-corrected chi connectivity index (χ1v) is 4.40. The molecule has 0 amide bonds. The van der Waals surface area contributed by atoms with Crippen LogP contribution < -0.4 is 5.32 Å². The average molecular weight is 159 g/mol. The molecule has 0 radical (unpaired) electrons. The van der Waals surface area contributed by atoms with Gasteiger partial charge < -0.3 is 5.32 Å². The molecule has 1 aromatic rings. The van der Waals surface area contributed by atoms with Crippen molar-refractivity contribution in [2.75, 3.05) is 6.54 Å². The highest BCUT2D eigenvalue weighted by Crippen LogP contribution is 2.18. The van der Waals surface area contributed by atoms with Gasteiger partial charge >= 0.3 is 0 Å². The van der Waals surface area contributed by atoms with Crippen molar-refractivity contribution in [1.29, 1.82) is 0 Å². The number of benzene rings is 1. The van der Waals surface area contributed by atoms with E-state index in [1.807, 2.05) is 0 Å². The Hall–Kier alpha value is -1.08. The van der Waals surface area contributed by atoms with Gasteiger partial charge in [-0.1, -0.05) is 42.5 Å². The Morgan fingerprint density at radius 1 is 1.08 bits per heavy atom. The van der Waals surface area contributed by atoms with Crippen LogP contribution in [0.4, 0.5) is 0 Å². The van der Waals surface area contributed by atoms with Crippen LogP contribution in [0.1, 0.15) is 18.0 Å². The van der Waals surface area contributed by atoms with E-state index in [0.717, 1.165) is 13.0 Å². The van der Waals surface area contributed by atoms with Crippen LogP contribution in [-0.2, 0) is 0 Å². The summed E-state index contributed by atoms with van der Waals surface area (Å²) in [6, 6.07) is 11.1. The molecular formula is C11H13N. The zero-order valence-corrected chi connectivity index (χ0v) is 7.03. The van der Waals surface area contributed by atoms with Crippen LogP contribution in [0.25, 0.3) is 0 Å². The fourth-order valence-corrected chi connectivity index (χ4v) is 1.55. The normalized spacial score (nSPS) is 22.5. The molecule has 1 atom stereocenters. The second-order valence-electron chi connectivity index (χ2n) is 3.08. The van der Waals surface area contributed by atoms with Gasteiger partial charge in [-0.3, -0.25) is 0 Å². The summed E-state index contributed by atoms with van der Waals surface area (Å²) < 4.78 is 0. The van der Waals surface area contributed by atoms with Crippen molar-refractivity contribution in [1.82, 2.24) is 5.32 Å². The molecule has 1 N–H and O–H groups in total. The SMILES string of the molecule is C1=CC[C@H](c2ccccc2)NC1. The molecule has 0 saturated carbocycles. The predicted molar refractivity (Wildman–Crippen MR) is 50.9 cm³/mol.